The Bertz CT molecular complexity index is 1160. The fourth-order valence-corrected chi connectivity index (χ4v) is 3.10. The number of nitrogen functional groups attached to an aromatic ring is 1. The van der Waals surface area contributed by atoms with Crippen LogP contribution in [0.15, 0.2) is 54.7 Å². The van der Waals surface area contributed by atoms with Gasteiger partial charge in [-0.05, 0) is 36.8 Å². The zero-order valence-corrected chi connectivity index (χ0v) is 15.3. The minimum atomic E-state index is -0.456. The summed E-state index contributed by atoms with van der Waals surface area (Å²) in [4.78, 5) is 24.8. The van der Waals surface area contributed by atoms with Crippen LogP contribution in [0.3, 0.4) is 0 Å². The summed E-state index contributed by atoms with van der Waals surface area (Å²) in [5, 5.41) is 3.34. The summed E-state index contributed by atoms with van der Waals surface area (Å²) < 4.78 is 1.95. The molecule has 0 radical (unpaired) electrons. The van der Waals surface area contributed by atoms with Crippen LogP contribution in [0.2, 0.25) is 0 Å². The molecule has 0 fully saturated rings. The van der Waals surface area contributed by atoms with Crippen molar-refractivity contribution < 1.29 is 4.79 Å². The smallest absolute Gasteiger partial charge is 0.248 e. The maximum absolute atomic E-state index is 11.4. The highest BCUT2D eigenvalue weighted by atomic mass is 16.1. The molecule has 140 valence electrons. The van der Waals surface area contributed by atoms with Crippen LogP contribution in [0.25, 0.3) is 17.0 Å². The fourth-order valence-electron chi connectivity index (χ4n) is 3.10. The number of imidazole rings is 1. The van der Waals surface area contributed by atoms with Crippen molar-refractivity contribution in [3.63, 3.8) is 0 Å². The van der Waals surface area contributed by atoms with Gasteiger partial charge in [0.2, 0.25) is 5.91 Å². The molecule has 0 aliphatic rings. The first kappa shape index (κ1) is 17.5. The number of hydrogen-bond donors (Lipinski definition) is 3. The first-order chi connectivity index (χ1) is 13.5. The Hall–Kier alpha value is -3.94. The average molecular weight is 373 g/mol. The Labute approximate surface area is 161 Å². The van der Waals surface area contributed by atoms with Gasteiger partial charge in [0.25, 0.3) is 0 Å². The summed E-state index contributed by atoms with van der Waals surface area (Å²) in [6, 6.07) is 14.7. The Balaban J connectivity index is 1.75. The van der Waals surface area contributed by atoms with Crippen molar-refractivity contribution in [2.45, 2.75) is 13.5 Å². The highest BCUT2D eigenvalue weighted by Gasteiger charge is 2.16. The van der Waals surface area contributed by atoms with Crippen molar-refractivity contribution in [3.8, 4) is 11.4 Å². The van der Waals surface area contributed by atoms with Crippen LogP contribution in [0.1, 0.15) is 21.7 Å². The second-order valence-corrected chi connectivity index (χ2v) is 6.38. The number of nitrogens with one attached hydrogen (secondary N) is 1. The maximum atomic E-state index is 11.4. The van der Waals surface area contributed by atoms with Gasteiger partial charge in [-0.1, -0.05) is 18.2 Å². The molecule has 0 spiro atoms. The number of rotatable bonds is 5. The number of hydrogen-bond acceptors (Lipinski definition) is 6. The number of pyridine rings is 1. The first-order valence-corrected chi connectivity index (χ1v) is 8.72. The molecule has 0 saturated heterocycles. The molecule has 4 rings (SSSR count). The van der Waals surface area contributed by atoms with E-state index in [1.807, 2.05) is 34.9 Å². The molecule has 28 heavy (non-hydrogen) atoms. The minimum Gasteiger partial charge on any atom is -0.384 e. The molecule has 8 nitrogen and oxygen atoms in total. The molecular weight excluding hydrogens is 354 g/mol. The Morgan fingerprint density at radius 2 is 1.96 bits per heavy atom. The predicted molar refractivity (Wildman–Crippen MR) is 108 cm³/mol. The van der Waals surface area contributed by atoms with Gasteiger partial charge in [0.1, 0.15) is 23.0 Å². The van der Waals surface area contributed by atoms with E-state index in [-0.39, 0.29) is 0 Å². The van der Waals surface area contributed by atoms with Crippen LogP contribution in [0.5, 0.6) is 0 Å². The summed E-state index contributed by atoms with van der Waals surface area (Å²) in [5.41, 5.74) is 14.9. The van der Waals surface area contributed by atoms with Crippen LogP contribution in [0.4, 0.5) is 11.6 Å². The van der Waals surface area contributed by atoms with Crippen molar-refractivity contribution in [1.82, 2.24) is 19.4 Å². The lowest BCUT2D eigenvalue weighted by Gasteiger charge is -2.09. The topological polar surface area (TPSA) is 124 Å². The fraction of sp³-hybridized carbons (Fsp3) is 0.100. The molecule has 0 aliphatic heterocycles. The number of aryl methyl sites for hydroxylation is 1. The van der Waals surface area contributed by atoms with E-state index in [1.54, 1.807) is 31.2 Å². The number of amides is 1. The number of fused-ring (bicyclic) bond motifs is 1. The normalized spacial score (nSPS) is 10.9. The third-order valence-electron chi connectivity index (χ3n) is 4.30. The number of benzene rings is 1. The van der Waals surface area contributed by atoms with Gasteiger partial charge < -0.3 is 16.8 Å². The molecule has 0 unspecified atom stereocenters. The van der Waals surface area contributed by atoms with E-state index in [0.29, 0.717) is 35.3 Å². The number of carbonyl (C=O) groups is 1. The van der Waals surface area contributed by atoms with E-state index < -0.39 is 5.91 Å². The predicted octanol–water partition coefficient (Wildman–Crippen LogP) is 2.39. The number of nitrogens with zero attached hydrogens (tertiary/aromatic N) is 4. The summed E-state index contributed by atoms with van der Waals surface area (Å²) in [6.45, 7) is 2.27. The lowest BCUT2D eigenvalue weighted by atomic mass is 10.1. The lowest BCUT2D eigenvalue weighted by molar-refractivity contribution is 0.1000. The van der Waals surface area contributed by atoms with Crippen LogP contribution >= 0.6 is 0 Å². The van der Waals surface area contributed by atoms with Gasteiger partial charge in [-0.2, -0.15) is 0 Å². The molecule has 0 aliphatic carbocycles. The van der Waals surface area contributed by atoms with E-state index in [0.717, 1.165) is 16.9 Å². The molecule has 3 aromatic heterocycles. The van der Waals surface area contributed by atoms with E-state index in [2.05, 4.69) is 20.3 Å². The van der Waals surface area contributed by atoms with Gasteiger partial charge in [-0.15, -0.1) is 0 Å². The molecule has 0 bridgehead atoms. The van der Waals surface area contributed by atoms with Crippen LogP contribution < -0.4 is 16.8 Å². The second kappa shape index (κ2) is 6.99. The van der Waals surface area contributed by atoms with Gasteiger partial charge in [0, 0.05) is 24.4 Å². The summed E-state index contributed by atoms with van der Waals surface area (Å²) >= 11 is 0. The summed E-state index contributed by atoms with van der Waals surface area (Å²) in [5.74, 6) is 1.19. The van der Waals surface area contributed by atoms with E-state index in [4.69, 9.17) is 11.5 Å². The van der Waals surface area contributed by atoms with Crippen molar-refractivity contribution in [2.75, 3.05) is 11.1 Å². The first-order valence-electron chi connectivity index (χ1n) is 8.72. The zero-order chi connectivity index (χ0) is 19.7. The molecule has 4 aromatic rings. The standard InChI is InChI=1S/C20H19N7O/c1-12-24-15(10-16(21)25-12)18-20(26-17-7-2-3-8-27(17)18)23-11-13-5-4-6-14(9-13)19(22)28/h2-10,23H,11H2,1H3,(H2,22,28)(H2,21,24,25). The summed E-state index contributed by atoms with van der Waals surface area (Å²) in [7, 11) is 0. The SMILES string of the molecule is Cc1nc(N)cc(-c2c(NCc3cccc(C(N)=O)c3)nc3ccccn23)n1. The Kier molecular flexibility index (Phi) is 4.36. The summed E-state index contributed by atoms with van der Waals surface area (Å²) in [6.07, 6.45) is 1.92. The molecule has 0 atom stereocenters. The molecule has 3 heterocycles. The van der Waals surface area contributed by atoms with Gasteiger partial charge in [-0.25, -0.2) is 15.0 Å². The number of nitrogens with two attached hydrogens (primary N) is 2. The van der Waals surface area contributed by atoms with E-state index in [1.165, 1.54) is 0 Å². The zero-order valence-electron chi connectivity index (χ0n) is 15.3. The highest BCUT2D eigenvalue weighted by Crippen LogP contribution is 2.29. The van der Waals surface area contributed by atoms with Crippen LogP contribution in [-0.2, 0) is 6.54 Å². The van der Waals surface area contributed by atoms with Crippen molar-refractivity contribution in [3.05, 3.63) is 71.7 Å². The average Bonchev–Trinajstić information content (AvgIpc) is 3.04. The number of carbonyl (C=O) groups excluding carboxylic acids is 1. The van der Waals surface area contributed by atoms with Gasteiger partial charge in [0.05, 0.1) is 5.69 Å². The van der Waals surface area contributed by atoms with Crippen LogP contribution in [-0.4, -0.2) is 25.3 Å². The van der Waals surface area contributed by atoms with Crippen molar-refractivity contribution >= 4 is 23.2 Å². The minimum absolute atomic E-state index is 0.397. The van der Waals surface area contributed by atoms with Crippen molar-refractivity contribution in [2.24, 2.45) is 5.73 Å². The molecule has 8 heteroatoms. The largest absolute Gasteiger partial charge is 0.384 e. The van der Waals surface area contributed by atoms with Gasteiger partial charge in [0.15, 0.2) is 5.82 Å². The quantitative estimate of drug-likeness (QED) is 0.493. The third-order valence-corrected chi connectivity index (χ3v) is 4.30. The molecule has 1 amide bonds. The van der Waals surface area contributed by atoms with Crippen LogP contribution in [0, 0.1) is 6.92 Å². The van der Waals surface area contributed by atoms with E-state index in [9.17, 15) is 4.79 Å². The second-order valence-electron chi connectivity index (χ2n) is 6.38. The maximum Gasteiger partial charge on any atom is 0.248 e. The molecule has 1 aromatic carbocycles. The number of anilines is 2. The molecular formula is C20H19N7O. The lowest BCUT2D eigenvalue weighted by Crippen LogP contribution is -2.11. The number of aromatic nitrogens is 4. The van der Waals surface area contributed by atoms with Crippen molar-refractivity contribution in [1.29, 1.82) is 0 Å². The number of primary amides is 1. The van der Waals surface area contributed by atoms with Gasteiger partial charge in [-0.3, -0.25) is 9.20 Å². The Morgan fingerprint density at radius 3 is 2.75 bits per heavy atom. The van der Waals surface area contributed by atoms with Gasteiger partial charge >= 0.3 is 0 Å². The highest BCUT2D eigenvalue weighted by molar-refractivity contribution is 5.92. The van der Waals surface area contributed by atoms with E-state index >= 15 is 0 Å². The third kappa shape index (κ3) is 3.35. The Morgan fingerprint density at radius 1 is 1.11 bits per heavy atom. The molecule has 5 N–H and O–H groups in total. The monoisotopic (exact) mass is 373 g/mol. The molecule has 0 saturated carbocycles.